The van der Waals surface area contributed by atoms with Gasteiger partial charge in [-0.15, -0.1) is 0 Å². The maximum absolute atomic E-state index is 11.0. The van der Waals surface area contributed by atoms with Gasteiger partial charge in [-0.05, 0) is 6.07 Å². The van der Waals surface area contributed by atoms with Gasteiger partial charge in [-0.2, -0.15) is 0 Å². The molecule has 0 aliphatic rings. The summed E-state index contributed by atoms with van der Waals surface area (Å²) in [4.78, 5) is 10.5. The van der Waals surface area contributed by atoms with E-state index in [0.717, 1.165) is 0 Å². The molecule has 106 valence electrons. The molecule has 0 amide bonds. The quantitative estimate of drug-likeness (QED) is 0.591. The van der Waals surface area contributed by atoms with E-state index in [1.165, 1.54) is 33.5 Å². The fourth-order valence-electron chi connectivity index (χ4n) is 1.75. The molecule has 19 heavy (non-hydrogen) atoms. The number of aliphatic hydroxyl groups excluding tert-OH is 1. The molecule has 1 aromatic carbocycles. The third kappa shape index (κ3) is 3.80. The number of nitro groups is 1. The molecule has 0 aliphatic carbocycles. The molecular weight excluding hydrogens is 254 g/mol. The van der Waals surface area contributed by atoms with Crippen LogP contribution in [0, 0.1) is 10.1 Å². The molecule has 0 aliphatic heterocycles. The number of nitro benzene ring substituents is 1. The SMILES string of the molecule is COCC(O)Cc1cc(OC)c(OC)cc1[N+](=O)[O-]. The van der Waals surface area contributed by atoms with Crippen LogP contribution in [0.2, 0.25) is 0 Å². The highest BCUT2D eigenvalue weighted by atomic mass is 16.6. The molecule has 7 heteroatoms. The summed E-state index contributed by atoms with van der Waals surface area (Å²) in [5.41, 5.74) is 0.250. The molecule has 0 radical (unpaired) electrons. The van der Waals surface area contributed by atoms with Gasteiger partial charge in [0.2, 0.25) is 0 Å². The standard InChI is InChI=1S/C12H17NO6/c1-17-7-9(14)4-8-5-11(18-2)12(19-3)6-10(8)13(15)16/h5-6,9,14H,4,7H2,1-3H3. The second kappa shape index (κ2) is 6.91. The van der Waals surface area contributed by atoms with E-state index in [4.69, 9.17) is 14.2 Å². The number of methoxy groups -OCH3 is 3. The lowest BCUT2D eigenvalue weighted by Gasteiger charge is -2.13. The number of hydrogen-bond acceptors (Lipinski definition) is 6. The Kier molecular flexibility index (Phi) is 5.53. The summed E-state index contributed by atoms with van der Waals surface area (Å²) in [5, 5.41) is 20.7. The van der Waals surface area contributed by atoms with Crippen LogP contribution in [-0.4, -0.2) is 44.1 Å². The fourth-order valence-corrected chi connectivity index (χ4v) is 1.75. The van der Waals surface area contributed by atoms with Gasteiger partial charge in [0.25, 0.3) is 5.69 Å². The molecule has 0 saturated heterocycles. The largest absolute Gasteiger partial charge is 0.493 e. The lowest BCUT2D eigenvalue weighted by atomic mass is 10.1. The summed E-state index contributed by atoms with van der Waals surface area (Å²) in [6, 6.07) is 2.78. The Morgan fingerprint density at radius 2 is 1.84 bits per heavy atom. The fraction of sp³-hybridized carbons (Fsp3) is 0.500. The second-order valence-electron chi connectivity index (χ2n) is 3.91. The number of rotatable bonds is 7. The zero-order valence-corrected chi connectivity index (χ0v) is 11.1. The Morgan fingerprint density at radius 3 is 2.32 bits per heavy atom. The van der Waals surface area contributed by atoms with Crippen molar-refractivity contribution in [3.8, 4) is 11.5 Å². The van der Waals surface area contributed by atoms with Crippen molar-refractivity contribution in [3.63, 3.8) is 0 Å². The van der Waals surface area contributed by atoms with Crippen molar-refractivity contribution in [2.45, 2.75) is 12.5 Å². The van der Waals surface area contributed by atoms with Crippen molar-refractivity contribution in [2.75, 3.05) is 27.9 Å². The predicted molar refractivity (Wildman–Crippen MR) is 67.8 cm³/mol. The van der Waals surface area contributed by atoms with Crippen molar-refractivity contribution in [3.05, 3.63) is 27.8 Å². The van der Waals surface area contributed by atoms with Crippen molar-refractivity contribution in [1.29, 1.82) is 0 Å². The number of benzene rings is 1. The van der Waals surface area contributed by atoms with E-state index in [1.807, 2.05) is 0 Å². The van der Waals surface area contributed by atoms with E-state index in [0.29, 0.717) is 11.3 Å². The van der Waals surface area contributed by atoms with E-state index in [-0.39, 0.29) is 24.5 Å². The van der Waals surface area contributed by atoms with Gasteiger partial charge in [0.15, 0.2) is 11.5 Å². The van der Waals surface area contributed by atoms with Crippen molar-refractivity contribution >= 4 is 5.69 Å². The first-order chi connectivity index (χ1) is 9.03. The third-order valence-corrected chi connectivity index (χ3v) is 2.60. The molecule has 0 aromatic heterocycles. The maximum Gasteiger partial charge on any atom is 0.276 e. The smallest absolute Gasteiger partial charge is 0.276 e. The van der Waals surface area contributed by atoms with E-state index >= 15 is 0 Å². The molecule has 1 rings (SSSR count). The topological polar surface area (TPSA) is 91.1 Å². The molecule has 0 fully saturated rings. The Balaban J connectivity index is 3.16. The highest BCUT2D eigenvalue weighted by molar-refractivity contribution is 5.54. The summed E-state index contributed by atoms with van der Waals surface area (Å²) in [6.07, 6.45) is -0.716. The molecule has 1 N–H and O–H groups in total. The van der Waals surface area contributed by atoms with E-state index in [2.05, 4.69) is 0 Å². The zero-order chi connectivity index (χ0) is 14.4. The number of hydrogen-bond donors (Lipinski definition) is 1. The van der Waals surface area contributed by atoms with Crippen LogP contribution in [0.1, 0.15) is 5.56 Å². The first-order valence-electron chi connectivity index (χ1n) is 5.59. The third-order valence-electron chi connectivity index (χ3n) is 2.60. The normalized spacial score (nSPS) is 12.0. The van der Waals surface area contributed by atoms with Gasteiger partial charge >= 0.3 is 0 Å². The molecule has 1 aromatic rings. The van der Waals surface area contributed by atoms with Gasteiger partial charge in [-0.1, -0.05) is 0 Å². The number of nitrogens with zero attached hydrogens (tertiary/aromatic N) is 1. The first-order valence-corrected chi connectivity index (χ1v) is 5.59. The van der Waals surface area contributed by atoms with Gasteiger partial charge in [-0.25, -0.2) is 0 Å². The summed E-state index contributed by atoms with van der Waals surface area (Å²) in [7, 11) is 4.30. The van der Waals surface area contributed by atoms with Crippen LogP contribution in [0.4, 0.5) is 5.69 Å². The Morgan fingerprint density at radius 1 is 1.26 bits per heavy atom. The molecular formula is C12H17NO6. The minimum atomic E-state index is -0.818. The van der Waals surface area contributed by atoms with Crippen molar-refractivity contribution < 1.29 is 24.2 Å². The average molecular weight is 271 g/mol. The van der Waals surface area contributed by atoms with Crippen LogP contribution in [-0.2, 0) is 11.2 Å². The molecule has 1 unspecified atom stereocenters. The summed E-state index contributed by atoms with van der Waals surface area (Å²) in [5.74, 6) is 0.659. The number of aliphatic hydroxyl groups is 1. The van der Waals surface area contributed by atoms with Crippen LogP contribution in [0.5, 0.6) is 11.5 Å². The zero-order valence-electron chi connectivity index (χ0n) is 11.1. The average Bonchev–Trinajstić information content (AvgIpc) is 2.38. The molecule has 1 atom stereocenters. The van der Waals surface area contributed by atoms with Crippen molar-refractivity contribution in [1.82, 2.24) is 0 Å². The number of ether oxygens (including phenoxy) is 3. The van der Waals surface area contributed by atoms with Gasteiger partial charge < -0.3 is 19.3 Å². The predicted octanol–water partition coefficient (Wildman–Crippen LogP) is 1.16. The van der Waals surface area contributed by atoms with Gasteiger partial charge in [0, 0.05) is 19.1 Å². The molecule has 0 bridgehead atoms. The molecule has 0 spiro atoms. The molecule has 0 saturated carbocycles. The summed E-state index contributed by atoms with van der Waals surface area (Å²) in [6.45, 7) is 0.103. The monoisotopic (exact) mass is 271 g/mol. The summed E-state index contributed by atoms with van der Waals surface area (Å²) < 4.78 is 14.9. The summed E-state index contributed by atoms with van der Waals surface area (Å²) >= 11 is 0. The van der Waals surface area contributed by atoms with Crippen LogP contribution in [0.25, 0.3) is 0 Å². The Bertz CT molecular complexity index is 448. The van der Waals surface area contributed by atoms with Gasteiger partial charge in [0.05, 0.1) is 37.9 Å². The van der Waals surface area contributed by atoms with E-state index in [9.17, 15) is 15.2 Å². The highest BCUT2D eigenvalue weighted by Gasteiger charge is 2.21. The Labute approximate surface area is 110 Å². The van der Waals surface area contributed by atoms with Gasteiger partial charge in [-0.3, -0.25) is 10.1 Å². The lowest BCUT2D eigenvalue weighted by molar-refractivity contribution is -0.385. The minimum Gasteiger partial charge on any atom is -0.493 e. The van der Waals surface area contributed by atoms with Crippen LogP contribution in [0.3, 0.4) is 0 Å². The van der Waals surface area contributed by atoms with Crippen LogP contribution < -0.4 is 9.47 Å². The highest BCUT2D eigenvalue weighted by Crippen LogP contribution is 2.35. The van der Waals surface area contributed by atoms with Crippen LogP contribution in [0.15, 0.2) is 12.1 Å². The minimum absolute atomic E-state index is 0.102. The lowest BCUT2D eigenvalue weighted by Crippen LogP contribution is -2.17. The first kappa shape index (κ1) is 15.2. The van der Waals surface area contributed by atoms with Gasteiger partial charge in [0.1, 0.15) is 0 Å². The molecule has 7 nitrogen and oxygen atoms in total. The second-order valence-corrected chi connectivity index (χ2v) is 3.91. The van der Waals surface area contributed by atoms with E-state index < -0.39 is 11.0 Å². The van der Waals surface area contributed by atoms with Crippen LogP contribution >= 0.6 is 0 Å². The Hall–Kier alpha value is -1.86. The molecule has 0 heterocycles. The van der Waals surface area contributed by atoms with Crippen molar-refractivity contribution in [2.24, 2.45) is 0 Å². The maximum atomic E-state index is 11.0. The van der Waals surface area contributed by atoms with E-state index in [1.54, 1.807) is 0 Å².